The van der Waals surface area contributed by atoms with E-state index in [0.29, 0.717) is 13.0 Å². The molecule has 0 saturated heterocycles. The van der Waals surface area contributed by atoms with Gasteiger partial charge in [0.05, 0.1) is 6.42 Å². The molecule has 98 valence electrons. The fourth-order valence-electron chi connectivity index (χ4n) is 1.73. The molecule has 4 heteroatoms. The highest BCUT2D eigenvalue weighted by Gasteiger charge is 2.03. The van der Waals surface area contributed by atoms with E-state index in [1.165, 1.54) is 0 Å². The van der Waals surface area contributed by atoms with Gasteiger partial charge in [0, 0.05) is 15.8 Å². The molecule has 0 fully saturated rings. The third-order valence-electron chi connectivity index (χ3n) is 2.72. The highest BCUT2D eigenvalue weighted by Crippen LogP contribution is 2.09. The van der Waals surface area contributed by atoms with Crippen molar-refractivity contribution in [3.63, 3.8) is 0 Å². The number of benzene rings is 2. The number of nitrogens with two attached hydrogens (primary N) is 1. The topological polar surface area (TPSA) is 55.1 Å². The summed E-state index contributed by atoms with van der Waals surface area (Å²) in [6.45, 7) is 0.531. The molecule has 0 aliphatic carbocycles. The first-order chi connectivity index (χ1) is 9.13. The van der Waals surface area contributed by atoms with Crippen LogP contribution in [0.2, 0.25) is 0 Å². The third kappa shape index (κ3) is 4.55. The highest BCUT2D eigenvalue weighted by atomic mass is 127. The zero-order valence-corrected chi connectivity index (χ0v) is 12.6. The van der Waals surface area contributed by atoms with Gasteiger partial charge in [-0.3, -0.25) is 4.79 Å². The van der Waals surface area contributed by atoms with E-state index in [1.54, 1.807) is 0 Å². The van der Waals surface area contributed by atoms with E-state index >= 15 is 0 Å². The fourth-order valence-corrected chi connectivity index (χ4v) is 2.34. The Bertz CT molecular complexity index is 567. The van der Waals surface area contributed by atoms with Crippen molar-refractivity contribution in [3.8, 4) is 0 Å². The Morgan fingerprint density at radius 2 is 1.84 bits per heavy atom. The molecule has 0 aromatic heterocycles. The quantitative estimate of drug-likeness (QED) is 0.646. The van der Waals surface area contributed by atoms with Gasteiger partial charge in [0.1, 0.15) is 0 Å². The number of nitrogen functional groups attached to an aromatic ring is 1. The van der Waals surface area contributed by atoms with Crippen LogP contribution in [0.1, 0.15) is 11.1 Å². The molecule has 0 aliphatic heterocycles. The molecular weight excluding hydrogens is 351 g/mol. The van der Waals surface area contributed by atoms with Crippen molar-refractivity contribution >= 4 is 34.2 Å². The Morgan fingerprint density at radius 1 is 1.11 bits per heavy atom. The van der Waals surface area contributed by atoms with E-state index in [2.05, 4.69) is 27.9 Å². The number of nitrogens with one attached hydrogen (secondary N) is 1. The summed E-state index contributed by atoms with van der Waals surface area (Å²) >= 11 is 2.24. The number of halogens is 1. The Hall–Kier alpha value is -1.56. The Morgan fingerprint density at radius 3 is 2.53 bits per heavy atom. The van der Waals surface area contributed by atoms with Gasteiger partial charge in [0.15, 0.2) is 0 Å². The van der Waals surface area contributed by atoms with Gasteiger partial charge in [-0.2, -0.15) is 0 Å². The maximum atomic E-state index is 11.8. The number of anilines is 1. The molecule has 19 heavy (non-hydrogen) atoms. The largest absolute Gasteiger partial charge is 0.399 e. The fraction of sp³-hybridized carbons (Fsp3) is 0.133. The lowest BCUT2D eigenvalue weighted by molar-refractivity contribution is -0.120. The molecule has 0 bridgehead atoms. The molecule has 0 heterocycles. The van der Waals surface area contributed by atoms with Crippen molar-refractivity contribution in [2.45, 2.75) is 13.0 Å². The van der Waals surface area contributed by atoms with E-state index in [1.807, 2.05) is 48.5 Å². The molecular formula is C15H15IN2O. The maximum Gasteiger partial charge on any atom is 0.224 e. The van der Waals surface area contributed by atoms with Gasteiger partial charge in [-0.05, 0) is 58.0 Å². The summed E-state index contributed by atoms with van der Waals surface area (Å²) in [5, 5.41) is 2.90. The lowest BCUT2D eigenvalue weighted by Crippen LogP contribution is -2.24. The van der Waals surface area contributed by atoms with Crippen LogP contribution in [0.25, 0.3) is 0 Å². The van der Waals surface area contributed by atoms with Crippen molar-refractivity contribution in [1.82, 2.24) is 5.32 Å². The molecule has 0 atom stereocenters. The van der Waals surface area contributed by atoms with Gasteiger partial charge in [0.2, 0.25) is 5.91 Å². The van der Waals surface area contributed by atoms with Crippen LogP contribution in [0.15, 0.2) is 48.5 Å². The van der Waals surface area contributed by atoms with Crippen molar-refractivity contribution in [2.75, 3.05) is 5.73 Å². The SMILES string of the molecule is Nc1ccc(CNC(=O)Cc2cccc(I)c2)cc1. The second kappa shape index (κ2) is 6.56. The number of rotatable bonds is 4. The molecule has 1 amide bonds. The first-order valence-electron chi connectivity index (χ1n) is 5.99. The highest BCUT2D eigenvalue weighted by molar-refractivity contribution is 14.1. The lowest BCUT2D eigenvalue weighted by Gasteiger charge is -2.06. The minimum absolute atomic E-state index is 0.0267. The molecule has 2 rings (SSSR count). The summed E-state index contributed by atoms with van der Waals surface area (Å²) in [5.74, 6) is 0.0267. The summed E-state index contributed by atoms with van der Waals surface area (Å²) in [5.41, 5.74) is 8.42. The number of hydrogen-bond donors (Lipinski definition) is 2. The van der Waals surface area contributed by atoms with Crippen molar-refractivity contribution < 1.29 is 4.79 Å². The lowest BCUT2D eigenvalue weighted by atomic mass is 10.1. The first kappa shape index (κ1) is 13.9. The average Bonchev–Trinajstić information content (AvgIpc) is 2.38. The molecule has 0 aliphatic rings. The van der Waals surface area contributed by atoms with Crippen molar-refractivity contribution in [1.29, 1.82) is 0 Å². The van der Waals surface area contributed by atoms with Gasteiger partial charge in [-0.1, -0.05) is 24.3 Å². The zero-order chi connectivity index (χ0) is 13.7. The minimum Gasteiger partial charge on any atom is -0.399 e. The molecule has 0 spiro atoms. The van der Waals surface area contributed by atoms with Crippen LogP contribution in [0.3, 0.4) is 0 Å². The Labute approximate surface area is 126 Å². The normalized spacial score (nSPS) is 10.2. The number of carbonyl (C=O) groups is 1. The van der Waals surface area contributed by atoms with Crippen LogP contribution in [-0.4, -0.2) is 5.91 Å². The predicted molar refractivity (Wildman–Crippen MR) is 85.6 cm³/mol. The summed E-state index contributed by atoms with van der Waals surface area (Å²) in [6, 6.07) is 15.5. The van der Waals surface area contributed by atoms with Gasteiger partial charge in [-0.25, -0.2) is 0 Å². The second-order valence-corrected chi connectivity index (χ2v) is 5.57. The monoisotopic (exact) mass is 366 g/mol. The third-order valence-corrected chi connectivity index (χ3v) is 3.39. The summed E-state index contributed by atoms with van der Waals surface area (Å²) < 4.78 is 1.14. The predicted octanol–water partition coefficient (Wildman–Crippen LogP) is 2.73. The first-order valence-corrected chi connectivity index (χ1v) is 7.07. The van der Waals surface area contributed by atoms with E-state index < -0.39 is 0 Å². The van der Waals surface area contributed by atoms with Crippen molar-refractivity contribution in [2.24, 2.45) is 0 Å². The van der Waals surface area contributed by atoms with Gasteiger partial charge in [-0.15, -0.1) is 0 Å². The van der Waals surface area contributed by atoms with Crippen LogP contribution in [0, 0.1) is 3.57 Å². The van der Waals surface area contributed by atoms with Crippen LogP contribution in [-0.2, 0) is 17.8 Å². The number of amides is 1. The van der Waals surface area contributed by atoms with E-state index in [9.17, 15) is 4.79 Å². The minimum atomic E-state index is 0.0267. The maximum absolute atomic E-state index is 11.8. The van der Waals surface area contributed by atoms with E-state index in [-0.39, 0.29) is 5.91 Å². The average molecular weight is 366 g/mol. The summed E-state index contributed by atoms with van der Waals surface area (Å²) in [6.07, 6.45) is 0.409. The van der Waals surface area contributed by atoms with Crippen LogP contribution in [0.5, 0.6) is 0 Å². The molecule has 3 N–H and O–H groups in total. The molecule has 2 aromatic carbocycles. The van der Waals surface area contributed by atoms with Crippen LogP contribution in [0.4, 0.5) is 5.69 Å². The van der Waals surface area contributed by atoms with Gasteiger partial charge >= 0.3 is 0 Å². The standard InChI is InChI=1S/C15H15IN2O/c16-13-3-1-2-12(8-13)9-15(19)18-10-11-4-6-14(17)7-5-11/h1-8H,9-10,17H2,(H,18,19). The molecule has 3 nitrogen and oxygen atoms in total. The van der Waals surface area contributed by atoms with Crippen LogP contribution >= 0.6 is 22.6 Å². The number of hydrogen-bond acceptors (Lipinski definition) is 2. The van der Waals surface area contributed by atoms with Crippen molar-refractivity contribution in [3.05, 3.63) is 63.2 Å². The molecule has 0 radical (unpaired) electrons. The smallest absolute Gasteiger partial charge is 0.224 e. The summed E-state index contributed by atoms with van der Waals surface area (Å²) in [7, 11) is 0. The Kier molecular flexibility index (Phi) is 4.79. The zero-order valence-electron chi connectivity index (χ0n) is 10.4. The van der Waals surface area contributed by atoms with Crippen LogP contribution < -0.4 is 11.1 Å². The molecule has 0 unspecified atom stereocenters. The molecule has 2 aromatic rings. The van der Waals surface area contributed by atoms with E-state index in [0.717, 1.165) is 20.4 Å². The second-order valence-electron chi connectivity index (χ2n) is 4.33. The summed E-state index contributed by atoms with van der Waals surface area (Å²) in [4.78, 5) is 11.8. The van der Waals surface area contributed by atoms with E-state index in [4.69, 9.17) is 5.73 Å². The molecule has 0 saturated carbocycles. The van der Waals surface area contributed by atoms with Gasteiger partial charge in [0.25, 0.3) is 0 Å². The van der Waals surface area contributed by atoms with Gasteiger partial charge < -0.3 is 11.1 Å². The Balaban J connectivity index is 1.86. The number of carbonyl (C=O) groups excluding carboxylic acids is 1.